The molecule has 0 atom stereocenters. The summed E-state index contributed by atoms with van der Waals surface area (Å²) in [5, 5.41) is 8.65. The Bertz CT molecular complexity index is 492. The highest BCUT2D eigenvalue weighted by atomic mass is 16.2. The van der Waals surface area contributed by atoms with Crippen LogP contribution in [0.3, 0.4) is 0 Å². The monoisotopic (exact) mass is 261 g/mol. The van der Waals surface area contributed by atoms with Crippen molar-refractivity contribution in [3.8, 4) is 6.07 Å². The lowest BCUT2D eigenvalue weighted by atomic mass is 10.1. The summed E-state index contributed by atoms with van der Waals surface area (Å²) in [6.45, 7) is 6.04. The molecule has 0 aliphatic carbocycles. The van der Waals surface area contributed by atoms with Crippen molar-refractivity contribution in [3.63, 3.8) is 0 Å². The lowest BCUT2D eigenvalue weighted by molar-refractivity contribution is 0.0711. The molecule has 1 amide bonds. The average molecular weight is 261 g/mol. The highest BCUT2D eigenvalue weighted by Crippen LogP contribution is 2.18. The molecular formula is C13H19N5O. The predicted molar refractivity (Wildman–Crippen MR) is 73.2 cm³/mol. The first kappa shape index (κ1) is 14.9. The molecule has 19 heavy (non-hydrogen) atoms. The van der Waals surface area contributed by atoms with E-state index in [1.54, 1.807) is 11.0 Å². The first-order valence-corrected chi connectivity index (χ1v) is 6.12. The fraction of sp³-hybridized carbons (Fsp3) is 0.462. The van der Waals surface area contributed by atoms with Crippen molar-refractivity contribution in [1.82, 2.24) is 9.88 Å². The molecular weight excluding hydrogens is 242 g/mol. The Morgan fingerprint density at radius 1 is 1.63 bits per heavy atom. The molecule has 0 bridgehead atoms. The summed E-state index contributed by atoms with van der Waals surface area (Å²) in [6.07, 6.45) is 1.81. The van der Waals surface area contributed by atoms with Crippen molar-refractivity contribution in [2.75, 3.05) is 12.0 Å². The van der Waals surface area contributed by atoms with Crippen LogP contribution in [-0.4, -0.2) is 28.4 Å². The predicted octanol–water partition coefficient (Wildman–Crippen LogP) is 1.44. The van der Waals surface area contributed by atoms with E-state index in [2.05, 4.69) is 10.4 Å². The first-order chi connectivity index (χ1) is 9.01. The number of carbonyl (C=O) groups is 1. The molecule has 0 spiro atoms. The van der Waals surface area contributed by atoms with Crippen LogP contribution in [0.4, 0.5) is 5.69 Å². The van der Waals surface area contributed by atoms with Crippen LogP contribution in [0, 0.1) is 18.3 Å². The minimum atomic E-state index is -0.175. The van der Waals surface area contributed by atoms with Crippen molar-refractivity contribution in [2.45, 2.75) is 33.2 Å². The van der Waals surface area contributed by atoms with E-state index in [0.717, 1.165) is 5.69 Å². The molecule has 0 saturated heterocycles. The van der Waals surface area contributed by atoms with Gasteiger partial charge >= 0.3 is 0 Å². The van der Waals surface area contributed by atoms with Crippen molar-refractivity contribution in [1.29, 1.82) is 5.26 Å². The summed E-state index contributed by atoms with van der Waals surface area (Å²) >= 11 is 0. The van der Waals surface area contributed by atoms with Crippen LogP contribution in [0.15, 0.2) is 12.3 Å². The molecule has 0 aliphatic heterocycles. The van der Waals surface area contributed by atoms with Crippen LogP contribution >= 0.6 is 0 Å². The van der Waals surface area contributed by atoms with E-state index in [4.69, 9.17) is 11.1 Å². The third-order valence-electron chi connectivity index (χ3n) is 2.78. The van der Waals surface area contributed by atoms with Gasteiger partial charge in [-0.05, 0) is 26.8 Å². The maximum absolute atomic E-state index is 12.5. The number of nitrogens with one attached hydrogen (secondary N) is 1. The van der Waals surface area contributed by atoms with E-state index >= 15 is 0 Å². The van der Waals surface area contributed by atoms with Crippen LogP contribution in [0.25, 0.3) is 0 Å². The number of nitrogens with zero attached hydrogens (tertiary/aromatic N) is 3. The lowest BCUT2D eigenvalue weighted by Crippen LogP contribution is -2.38. The van der Waals surface area contributed by atoms with Gasteiger partial charge in [0.05, 0.1) is 23.7 Å². The number of carbonyl (C=O) groups excluding carboxylic acids is 1. The van der Waals surface area contributed by atoms with Gasteiger partial charge in [0.25, 0.3) is 5.91 Å². The van der Waals surface area contributed by atoms with Crippen LogP contribution in [-0.2, 0) is 0 Å². The number of nitriles is 1. The topological polar surface area (TPSA) is 95.0 Å². The summed E-state index contributed by atoms with van der Waals surface area (Å²) in [5.74, 6) is 5.26. The Morgan fingerprint density at radius 2 is 2.32 bits per heavy atom. The molecule has 102 valence electrons. The molecule has 1 aromatic heterocycles. The van der Waals surface area contributed by atoms with Crippen LogP contribution in [0.1, 0.15) is 36.3 Å². The van der Waals surface area contributed by atoms with Crippen LogP contribution < -0.4 is 11.3 Å². The molecule has 6 heteroatoms. The second-order valence-corrected chi connectivity index (χ2v) is 4.52. The number of amides is 1. The highest BCUT2D eigenvalue weighted by molar-refractivity contribution is 5.99. The van der Waals surface area contributed by atoms with E-state index in [1.807, 2.05) is 26.8 Å². The summed E-state index contributed by atoms with van der Waals surface area (Å²) in [5.41, 5.74) is 4.25. The third-order valence-corrected chi connectivity index (χ3v) is 2.78. The molecule has 1 heterocycles. The zero-order valence-electron chi connectivity index (χ0n) is 11.5. The fourth-order valence-electron chi connectivity index (χ4n) is 1.77. The summed E-state index contributed by atoms with van der Waals surface area (Å²) in [4.78, 5) is 18.2. The third kappa shape index (κ3) is 3.66. The number of aromatic nitrogens is 1. The van der Waals surface area contributed by atoms with Gasteiger partial charge in [-0.3, -0.25) is 15.6 Å². The number of hydrazine groups is 1. The number of aryl methyl sites for hydroxylation is 1. The first-order valence-electron chi connectivity index (χ1n) is 6.12. The zero-order chi connectivity index (χ0) is 14.4. The van der Waals surface area contributed by atoms with Gasteiger partial charge in [-0.2, -0.15) is 5.26 Å². The molecule has 0 aromatic carbocycles. The van der Waals surface area contributed by atoms with Gasteiger partial charge in [0.1, 0.15) is 0 Å². The Hall–Kier alpha value is -2.13. The number of nitrogens with two attached hydrogens (primary N) is 1. The Morgan fingerprint density at radius 3 is 2.84 bits per heavy atom. The minimum Gasteiger partial charge on any atom is -0.335 e. The van der Waals surface area contributed by atoms with Crippen molar-refractivity contribution in [3.05, 3.63) is 23.5 Å². The number of nitrogen functional groups attached to an aromatic ring is 1. The van der Waals surface area contributed by atoms with Gasteiger partial charge in [-0.15, -0.1) is 0 Å². The standard InChI is InChI=1S/C13H19N5O/c1-9(2)18(6-4-5-14)13(19)11-8-16-10(3)7-12(11)17-15/h7-9H,4,6,15H2,1-3H3,(H,16,17). The highest BCUT2D eigenvalue weighted by Gasteiger charge is 2.21. The molecule has 0 fully saturated rings. The largest absolute Gasteiger partial charge is 0.335 e. The van der Waals surface area contributed by atoms with Crippen molar-refractivity contribution in [2.24, 2.45) is 5.84 Å². The Kier molecular flexibility index (Phi) is 5.27. The van der Waals surface area contributed by atoms with Gasteiger partial charge < -0.3 is 10.3 Å². The van der Waals surface area contributed by atoms with E-state index in [0.29, 0.717) is 24.2 Å². The van der Waals surface area contributed by atoms with E-state index < -0.39 is 0 Å². The number of pyridine rings is 1. The Labute approximate surface area is 113 Å². The van der Waals surface area contributed by atoms with Crippen molar-refractivity contribution >= 4 is 11.6 Å². The summed E-state index contributed by atoms with van der Waals surface area (Å²) in [7, 11) is 0. The van der Waals surface area contributed by atoms with Crippen LogP contribution in [0.2, 0.25) is 0 Å². The van der Waals surface area contributed by atoms with Crippen molar-refractivity contribution < 1.29 is 4.79 Å². The van der Waals surface area contributed by atoms with E-state index in [-0.39, 0.29) is 11.9 Å². The fourth-order valence-corrected chi connectivity index (χ4v) is 1.77. The lowest BCUT2D eigenvalue weighted by Gasteiger charge is -2.26. The average Bonchev–Trinajstić information content (AvgIpc) is 2.38. The quantitative estimate of drug-likeness (QED) is 0.617. The molecule has 0 radical (unpaired) electrons. The second kappa shape index (κ2) is 6.71. The molecule has 0 saturated carbocycles. The van der Waals surface area contributed by atoms with Gasteiger partial charge in [-0.1, -0.05) is 0 Å². The normalized spacial score (nSPS) is 10.1. The zero-order valence-corrected chi connectivity index (χ0v) is 11.5. The number of hydrogen-bond donors (Lipinski definition) is 2. The summed E-state index contributed by atoms with van der Waals surface area (Å²) in [6, 6.07) is 3.77. The van der Waals surface area contributed by atoms with E-state index in [1.165, 1.54) is 6.20 Å². The van der Waals surface area contributed by atoms with Gasteiger partial charge in [0, 0.05) is 24.5 Å². The smallest absolute Gasteiger partial charge is 0.257 e. The Balaban J connectivity index is 3.06. The van der Waals surface area contributed by atoms with Gasteiger partial charge in [0.2, 0.25) is 0 Å². The number of rotatable bonds is 5. The van der Waals surface area contributed by atoms with E-state index in [9.17, 15) is 4.79 Å². The van der Waals surface area contributed by atoms with Gasteiger partial charge in [0.15, 0.2) is 0 Å². The summed E-state index contributed by atoms with van der Waals surface area (Å²) < 4.78 is 0. The maximum atomic E-state index is 12.5. The second-order valence-electron chi connectivity index (χ2n) is 4.52. The number of anilines is 1. The number of hydrogen-bond acceptors (Lipinski definition) is 5. The molecule has 3 N–H and O–H groups in total. The van der Waals surface area contributed by atoms with Crippen LogP contribution in [0.5, 0.6) is 0 Å². The molecule has 1 aromatic rings. The minimum absolute atomic E-state index is 0.00720. The molecule has 0 aliphatic rings. The maximum Gasteiger partial charge on any atom is 0.257 e. The molecule has 6 nitrogen and oxygen atoms in total. The molecule has 0 unspecified atom stereocenters. The molecule has 1 rings (SSSR count). The SMILES string of the molecule is Cc1cc(NN)c(C(=O)N(CCC#N)C(C)C)cn1. The van der Waals surface area contributed by atoms with Gasteiger partial charge in [-0.25, -0.2) is 0 Å².